The summed E-state index contributed by atoms with van der Waals surface area (Å²) in [5.74, 6) is -0.448. The van der Waals surface area contributed by atoms with Crippen molar-refractivity contribution < 1.29 is 4.39 Å². The Morgan fingerprint density at radius 2 is 1.85 bits per heavy atom. The molecule has 0 radical (unpaired) electrons. The van der Waals surface area contributed by atoms with Crippen molar-refractivity contribution in [1.82, 2.24) is 4.98 Å². The van der Waals surface area contributed by atoms with Crippen molar-refractivity contribution in [1.29, 1.82) is 0 Å². The Labute approximate surface area is 84.1 Å². The van der Waals surface area contributed by atoms with Crippen LogP contribution in [0.4, 0.5) is 4.39 Å². The van der Waals surface area contributed by atoms with Gasteiger partial charge in [0, 0.05) is 17.0 Å². The lowest BCUT2D eigenvalue weighted by molar-refractivity contribution is 0.630. The zero-order valence-electron chi connectivity index (χ0n) is 6.39. The van der Waals surface area contributed by atoms with E-state index in [1.54, 1.807) is 12.1 Å². The van der Waals surface area contributed by atoms with E-state index in [9.17, 15) is 4.39 Å². The molecule has 13 heavy (non-hydrogen) atoms. The highest BCUT2D eigenvalue weighted by Gasteiger charge is 2.06. The van der Waals surface area contributed by atoms with E-state index < -0.39 is 5.82 Å². The molecule has 1 aromatic heterocycles. The molecule has 0 unspecified atom stereocenters. The van der Waals surface area contributed by atoms with Gasteiger partial charge in [0.25, 0.3) is 0 Å². The van der Waals surface area contributed by atoms with E-state index in [4.69, 9.17) is 23.2 Å². The fourth-order valence-electron chi connectivity index (χ4n) is 1.16. The molecule has 0 spiro atoms. The average molecular weight is 216 g/mol. The van der Waals surface area contributed by atoms with Gasteiger partial charge in [-0.3, -0.25) is 0 Å². The molecule has 66 valence electrons. The molecule has 0 aliphatic carbocycles. The van der Waals surface area contributed by atoms with Crippen molar-refractivity contribution >= 4 is 34.0 Å². The zero-order valence-corrected chi connectivity index (χ0v) is 7.90. The Balaban J connectivity index is 2.94. The molecule has 1 aromatic carbocycles. The summed E-state index contributed by atoms with van der Waals surface area (Å²) in [6.07, 6.45) is 1.50. The predicted molar refractivity (Wildman–Crippen MR) is 51.7 cm³/mol. The minimum absolute atomic E-state index is 0.0850. The van der Waals surface area contributed by atoms with Crippen LogP contribution in [0.25, 0.3) is 10.8 Å². The molecule has 0 bridgehead atoms. The van der Waals surface area contributed by atoms with Gasteiger partial charge in [-0.25, -0.2) is 9.37 Å². The van der Waals surface area contributed by atoms with Crippen LogP contribution >= 0.6 is 23.2 Å². The molecule has 2 rings (SSSR count). The molecular formula is C9H4Cl2FN. The summed E-state index contributed by atoms with van der Waals surface area (Å²) in [5.41, 5.74) is 0. The quantitative estimate of drug-likeness (QED) is 0.612. The van der Waals surface area contributed by atoms with Crippen molar-refractivity contribution in [2.24, 2.45) is 0 Å². The van der Waals surface area contributed by atoms with Gasteiger partial charge in [-0.05, 0) is 18.2 Å². The molecule has 0 fully saturated rings. The molecule has 4 heteroatoms. The van der Waals surface area contributed by atoms with Gasteiger partial charge in [-0.1, -0.05) is 23.2 Å². The first-order chi connectivity index (χ1) is 6.20. The molecule has 1 heterocycles. The van der Waals surface area contributed by atoms with E-state index in [0.29, 0.717) is 15.9 Å². The smallest absolute Gasteiger partial charge is 0.142 e. The third-order valence-corrected chi connectivity index (χ3v) is 2.47. The number of nitrogens with zero attached hydrogens (tertiary/aromatic N) is 1. The van der Waals surface area contributed by atoms with Crippen molar-refractivity contribution in [3.8, 4) is 0 Å². The number of aromatic nitrogens is 1. The highest BCUT2D eigenvalue weighted by molar-refractivity contribution is 6.39. The van der Waals surface area contributed by atoms with E-state index in [1.165, 1.54) is 12.3 Å². The monoisotopic (exact) mass is 215 g/mol. The molecule has 0 aliphatic rings. The van der Waals surface area contributed by atoms with Crippen LogP contribution in [0.1, 0.15) is 0 Å². The summed E-state index contributed by atoms with van der Waals surface area (Å²) in [5, 5.41) is 1.67. The fourth-order valence-corrected chi connectivity index (χ4v) is 1.60. The van der Waals surface area contributed by atoms with Crippen LogP contribution < -0.4 is 0 Å². The minimum atomic E-state index is -0.448. The largest absolute Gasteiger partial charge is 0.244 e. The number of rotatable bonds is 0. The van der Waals surface area contributed by atoms with E-state index in [0.717, 1.165) is 0 Å². The Hall–Kier alpha value is -0.860. The van der Waals surface area contributed by atoms with Crippen LogP contribution in [-0.2, 0) is 0 Å². The van der Waals surface area contributed by atoms with E-state index >= 15 is 0 Å². The first kappa shape index (κ1) is 8.73. The van der Waals surface area contributed by atoms with Gasteiger partial charge in [-0.2, -0.15) is 0 Å². The Morgan fingerprint density at radius 3 is 2.62 bits per heavy atom. The van der Waals surface area contributed by atoms with Gasteiger partial charge < -0.3 is 0 Å². The number of benzene rings is 1. The van der Waals surface area contributed by atoms with Gasteiger partial charge in [0.2, 0.25) is 0 Å². The lowest BCUT2D eigenvalue weighted by Gasteiger charge is -2.01. The van der Waals surface area contributed by atoms with Crippen LogP contribution in [0.15, 0.2) is 24.4 Å². The third-order valence-electron chi connectivity index (χ3n) is 1.78. The summed E-state index contributed by atoms with van der Waals surface area (Å²) in [7, 11) is 0. The summed E-state index contributed by atoms with van der Waals surface area (Å²) in [4.78, 5) is 3.86. The Morgan fingerprint density at radius 1 is 1.08 bits per heavy atom. The van der Waals surface area contributed by atoms with E-state index in [2.05, 4.69) is 4.98 Å². The zero-order chi connectivity index (χ0) is 9.42. The second kappa shape index (κ2) is 3.13. The van der Waals surface area contributed by atoms with Crippen molar-refractivity contribution in [3.05, 3.63) is 40.4 Å². The standard InChI is InChI=1S/C9H4Cl2FN/c10-8-5-3-4-13-9(11)6(5)1-2-7(8)12/h1-4H. The molecule has 0 saturated carbocycles. The van der Waals surface area contributed by atoms with Crippen LogP contribution in [0.3, 0.4) is 0 Å². The lowest BCUT2D eigenvalue weighted by Crippen LogP contribution is -1.83. The van der Waals surface area contributed by atoms with Crippen LogP contribution in [0.2, 0.25) is 10.2 Å². The van der Waals surface area contributed by atoms with Gasteiger partial charge in [-0.15, -0.1) is 0 Å². The fraction of sp³-hybridized carbons (Fsp3) is 0. The highest BCUT2D eigenvalue weighted by Crippen LogP contribution is 2.29. The molecule has 2 aromatic rings. The topological polar surface area (TPSA) is 12.9 Å². The SMILES string of the molecule is Fc1ccc2c(Cl)nccc2c1Cl. The number of hydrogen-bond acceptors (Lipinski definition) is 1. The molecule has 0 N–H and O–H groups in total. The van der Waals surface area contributed by atoms with Gasteiger partial charge in [0.05, 0.1) is 5.02 Å². The van der Waals surface area contributed by atoms with E-state index in [-0.39, 0.29) is 5.02 Å². The first-order valence-corrected chi connectivity index (χ1v) is 4.34. The predicted octanol–water partition coefficient (Wildman–Crippen LogP) is 3.68. The molecule has 0 atom stereocenters. The molecule has 0 aliphatic heterocycles. The maximum atomic E-state index is 13.0. The van der Waals surface area contributed by atoms with E-state index in [1.807, 2.05) is 0 Å². The number of pyridine rings is 1. The van der Waals surface area contributed by atoms with Crippen molar-refractivity contribution in [2.75, 3.05) is 0 Å². The van der Waals surface area contributed by atoms with Crippen LogP contribution in [0, 0.1) is 5.82 Å². The Kier molecular flexibility index (Phi) is 2.10. The molecule has 1 nitrogen and oxygen atoms in total. The van der Waals surface area contributed by atoms with Crippen LogP contribution in [-0.4, -0.2) is 4.98 Å². The maximum Gasteiger partial charge on any atom is 0.142 e. The summed E-state index contributed by atoms with van der Waals surface area (Å²) < 4.78 is 13.0. The number of halogens is 3. The number of hydrogen-bond donors (Lipinski definition) is 0. The van der Waals surface area contributed by atoms with Gasteiger partial charge in [0.15, 0.2) is 0 Å². The van der Waals surface area contributed by atoms with Gasteiger partial charge in [0.1, 0.15) is 11.0 Å². The normalized spacial score (nSPS) is 10.7. The summed E-state index contributed by atoms with van der Waals surface area (Å²) in [6.45, 7) is 0. The highest BCUT2D eigenvalue weighted by atomic mass is 35.5. The second-order valence-electron chi connectivity index (χ2n) is 2.56. The Bertz CT molecular complexity index is 470. The maximum absolute atomic E-state index is 13.0. The molecular weight excluding hydrogens is 212 g/mol. The molecule has 0 amide bonds. The molecule has 0 saturated heterocycles. The van der Waals surface area contributed by atoms with Crippen molar-refractivity contribution in [3.63, 3.8) is 0 Å². The number of fused-ring (bicyclic) bond motifs is 1. The lowest BCUT2D eigenvalue weighted by atomic mass is 10.2. The average Bonchev–Trinajstić information content (AvgIpc) is 2.12. The minimum Gasteiger partial charge on any atom is -0.244 e. The van der Waals surface area contributed by atoms with Crippen LogP contribution in [0.5, 0.6) is 0 Å². The summed E-state index contributed by atoms with van der Waals surface area (Å²) >= 11 is 11.5. The first-order valence-electron chi connectivity index (χ1n) is 3.58. The third kappa shape index (κ3) is 1.36. The van der Waals surface area contributed by atoms with Gasteiger partial charge >= 0.3 is 0 Å². The summed E-state index contributed by atoms with van der Waals surface area (Å²) in [6, 6.07) is 4.47. The van der Waals surface area contributed by atoms with Crippen molar-refractivity contribution in [2.45, 2.75) is 0 Å². The second-order valence-corrected chi connectivity index (χ2v) is 3.29.